The second-order valence-electron chi connectivity index (χ2n) is 7.57. The highest BCUT2D eigenvalue weighted by Crippen LogP contribution is 2.40. The fourth-order valence-corrected chi connectivity index (χ4v) is 4.05. The van der Waals surface area contributed by atoms with E-state index in [2.05, 4.69) is 36.1 Å². The number of aryl methyl sites for hydroxylation is 1. The van der Waals surface area contributed by atoms with Crippen LogP contribution < -0.4 is 0 Å². The lowest BCUT2D eigenvalue weighted by Crippen LogP contribution is -2.52. The SMILES string of the molecule is COCCN1CC2(CCC1=O)CCN(Cc1ccc(C)cc1)CC2. The number of hydrogen-bond donors (Lipinski definition) is 0. The van der Waals surface area contributed by atoms with Gasteiger partial charge in [-0.25, -0.2) is 0 Å². The third-order valence-electron chi connectivity index (χ3n) is 5.76. The Hall–Kier alpha value is -1.39. The van der Waals surface area contributed by atoms with Gasteiger partial charge in [-0.2, -0.15) is 0 Å². The van der Waals surface area contributed by atoms with Crippen molar-refractivity contribution in [1.29, 1.82) is 0 Å². The molecule has 0 unspecified atom stereocenters. The summed E-state index contributed by atoms with van der Waals surface area (Å²) < 4.78 is 5.16. The lowest BCUT2D eigenvalue weighted by atomic mass is 9.72. The van der Waals surface area contributed by atoms with Gasteiger partial charge in [-0.3, -0.25) is 9.69 Å². The number of carbonyl (C=O) groups is 1. The zero-order chi connectivity index (χ0) is 17.0. The van der Waals surface area contributed by atoms with Crippen LogP contribution in [0.3, 0.4) is 0 Å². The summed E-state index contributed by atoms with van der Waals surface area (Å²) >= 11 is 0. The molecule has 0 radical (unpaired) electrons. The molecule has 0 N–H and O–H groups in total. The number of benzene rings is 1. The van der Waals surface area contributed by atoms with Crippen LogP contribution >= 0.6 is 0 Å². The van der Waals surface area contributed by atoms with Crippen LogP contribution in [0.15, 0.2) is 24.3 Å². The zero-order valence-corrected chi connectivity index (χ0v) is 15.1. The monoisotopic (exact) mass is 330 g/mol. The summed E-state index contributed by atoms with van der Waals surface area (Å²) in [7, 11) is 1.70. The quantitative estimate of drug-likeness (QED) is 0.832. The van der Waals surface area contributed by atoms with Crippen LogP contribution in [0.1, 0.15) is 36.8 Å². The Morgan fingerprint density at radius 2 is 1.83 bits per heavy atom. The lowest BCUT2D eigenvalue weighted by Gasteiger charge is -2.47. The molecule has 2 fully saturated rings. The van der Waals surface area contributed by atoms with Crippen molar-refractivity contribution in [3.63, 3.8) is 0 Å². The molecule has 0 atom stereocenters. The van der Waals surface area contributed by atoms with E-state index in [1.54, 1.807) is 7.11 Å². The van der Waals surface area contributed by atoms with Crippen LogP contribution in [0.2, 0.25) is 0 Å². The highest BCUT2D eigenvalue weighted by atomic mass is 16.5. The second-order valence-corrected chi connectivity index (χ2v) is 7.57. The first-order valence-electron chi connectivity index (χ1n) is 9.15. The maximum absolute atomic E-state index is 12.1. The topological polar surface area (TPSA) is 32.8 Å². The summed E-state index contributed by atoms with van der Waals surface area (Å²) in [6.07, 6.45) is 4.18. The minimum Gasteiger partial charge on any atom is -0.383 e. The van der Waals surface area contributed by atoms with Gasteiger partial charge >= 0.3 is 0 Å². The van der Waals surface area contributed by atoms with Crippen molar-refractivity contribution in [2.75, 3.05) is 39.9 Å². The molecule has 24 heavy (non-hydrogen) atoms. The average Bonchev–Trinajstić information content (AvgIpc) is 2.60. The molecule has 0 saturated carbocycles. The van der Waals surface area contributed by atoms with Crippen molar-refractivity contribution in [2.24, 2.45) is 5.41 Å². The molecule has 1 aromatic carbocycles. The first kappa shape index (κ1) is 17.4. The Labute approximate surface area is 145 Å². The highest BCUT2D eigenvalue weighted by molar-refractivity contribution is 5.77. The van der Waals surface area contributed by atoms with E-state index in [1.807, 2.05) is 4.90 Å². The summed E-state index contributed by atoms with van der Waals surface area (Å²) in [4.78, 5) is 16.7. The molecule has 2 aliphatic heterocycles. The van der Waals surface area contributed by atoms with Gasteiger partial charge in [0.25, 0.3) is 0 Å². The van der Waals surface area contributed by atoms with Gasteiger partial charge in [-0.15, -0.1) is 0 Å². The maximum Gasteiger partial charge on any atom is 0.222 e. The number of piperidine rings is 2. The minimum absolute atomic E-state index is 0.305. The van der Waals surface area contributed by atoms with E-state index in [1.165, 1.54) is 24.0 Å². The predicted octanol–water partition coefficient (Wildman–Crippen LogP) is 2.85. The van der Waals surface area contributed by atoms with Crippen molar-refractivity contribution < 1.29 is 9.53 Å². The van der Waals surface area contributed by atoms with Crippen LogP contribution in [-0.2, 0) is 16.1 Å². The molecule has 4 heteroatoms. The summed E-state index contributed by atoms with van der Waals surface area (Å²) in [6.45, 7) is 7.76. The van der Waals surface area contributed by atoms with E-state index in [0.717, 1.165) is 39.1 Å². The molecule has 4 nitrogen and oxygen atoms in total. The molecule has 3 rings (SSSR count). The lowest BCUT2D eigenvalue weighted by molar-refractivity contribution is -0.139. The number of ether oxygens (including phenoxy) is 1. The fraction of sp³-hybridized carbons (Fsp3) is 0.650. The van der Waals surface area contributed by atoms with E-state index in [0.29, 0.717) is 24.3 Å². The number of likely N-dealkylation sites (tertiary alicyclic amines) is 2. The van der Waals surface area contributed by atoms with E-state index >= 15 is 0 Å². The van der Waals surface area contributed by atoms with E-state index in [4.69, 9.17) is 4.74 Å². The van der Waals surface area contributed by atoms with Crippen molar-refractivity contribution in [1.82, 2.24) is 9.80 Å². The zero-order valence-electron chi connectivity index (χ0n) is 15.1. The molecular weight excluding hydrogens is 300 g/mol. The smallest absolute Gasteiger partial charge is 0.222 e. The van der Waals surface area contributed by atoms with Gasteiger partial charge in [0, 0.05) is 33.2 Å². The molecule has 1 amide bonds. The molecular formula is C20H30N2O2. The van der Waals surface area contributed by atoms with Gasteiger partial charge in [-0.1, -0.05) is 29.8 Å². The van der Waals surface area contributed by atoms with Crippen molar-refractivity contribution >= 4 is 5.91 Å². The van der Waals surface area contributed by atoms with Gasteiger partial charge in [0.1, 0.15) is 0 Å². The summed E-state index contributed by atoms with van der Waals surface area (Å²) in [5, 5.41) is 0. The number of amides is 1. The average molecular weight is 330 g/mol. The maximum atomic E-state index is 12.1. The molecule has 0 aromatic heterocycles. The Morgan fingerprint density at radius 1 is 1.12 bits per heavy atom. The Balaban J connectivity index is 1.53. The van der Waals surface area contributed by atoms with Crippen LogP contribution in [-0.4, -0.2) is 55.6 Å². The van der Waals surface area contributed by atoms with Crippen LogP contribution in [0.5, 0.6) is 0 Å². The number of nitrogens with zero attached hydrogens (tertiary/aromatic N) is 2. The van der Waals surface area contributed by atoms with Crippen LogP contribution in [0, 0.1) is 12.3 Å². The third-order valence-corrected chi connectivity index (χ3v) is 5.76. The largest absolute Gasteiger partial charge is 0.383 e. The Morgan fingerprint density at radius 3 is 2.50 bits per heavy atom. The van der Waals surface area contributed by atoms with Gasteiger partial charge in [0.15, 0.2) is 0 Å². The molecule has 2 aliphatic rings. The Bertz CT molecular complexity index is 547. The predicted molar refractivity (Wildman–Crippen MR) is 95.8 cm³/mol. The number of methoxy groups -OCH3 is 1. The normalized spacial score (nSPS) is 21.4. The molecule has 0 bridgehead atoms. The van der Waals surface area contributed by atoms with Crippen molar-refractivity contribution in [3.05, 3.63) is 35.4 Å². The van der Waals surface area contributed by atoms with Crippen LogP contribution in [0.4, 0.5) is 0 Å². The summed E-state index contributed by atoms with van der Waals surface area (Å²) in [5.74, 6) is 0.305. The van der Waals surface area contributed by atoms with E-state index in [-0.39, 0.29) is 0 Å². The first-order valence-corrected chi connectivity index (χ1v) is 9.15. The van der Waals surface area contributed by atoms with Gasteiger partial charge in [-0.05, 0) is 50.3 Å². The first-order chi connectivity index (χ1) is 11.6. The fourth-order valence-electron chi connectivity index (χ4n) is 4.05. The Kier molecular flexibility index (Phi) is 5.57. The van der Waals surface area contributed by atoms with Crippen LogP contribution in [0.25, 0.3) is 0 Å². The van der Waals surface area contributed by atoms with Gasteiger partial charge in [0.2, 0.25) is 5.91 Å². The standard InChI is InChI=1S/C20H30N2O2/c1-17-3-5-18(6-4-17)15-21-11-9-20(10-12-21)8-7-19(23)22(16-20)13-14-24-2/h3-6H,7-16H2,1-2H3. The second kappa shape index (κ2) is 7.66. The highest BCUT2D eigenvalue weighted by Gasteiger charge is 2.40. The number of carbonyl (C=O) groups excluding carboxylic acids is 1. The molecule has 1 aromatic rings. The van der Waals surface area contributed by atoms with E-state index < -0.39 is 0 Å². The van der Waals surface area contributed by atoms with Gasteiger partial charge < -0.3 is 9.64 Å². The summed E-state index contributed by atoms with van der Waals surface area (Å²) in [6, 6.07) is 8.87. The molecule has 2 saturated heterocycles. The van der Waals surface area contributed by atoms with Crippen molar-refractivity contribution in [3.8, 4) is 0 Å². The molecule has 1 spiro atoms. The molecule has 132 valence electrons. The number of rotatable bonds is 5. The van der Waals surface area contributed by atoms with Gasteiger partial charge in [0.05, 0.1) is 6.61 Å². The minimum atomic E-state index is 0.305. The molecule has 2 heterocycles. The number of hydrogen-bond acceptors (Lipinski definition) is 3. The summed E-state index contributed by atoms with van der Waals surface area (Å²) in [5.41, 5.74) is 3.06. The third kappa shape index (κ3) is 4.17. The molecule has 0 aliphatic carbocycles. The van der Waals surface area contributed by atoms with Crippen molar-refractivity contribution in [2.45, 2.75) is 39.2 Å². The van der Waals surface area contributed by atoms with E-state index in [9.17, 15) is 4.79 Å².